The van der Waals surface area contributed by atoms with Crippen molar-refractivity contribution in [1.82, 2.24) is 0 Å². The number of benzene rings is 2. The third-order valence-corrected chi connectivity index (χ3v) is 5.48. The molecule has 0 amide bonds. The number of rotatable bonds is 3. The van der Waals surface area contributed by atoms with E-state index in [1.54, 1.807) is 25.1 Å². The molecule has 2 aromatic rings. The lowest BCUT2D eigenvalue weighted by Crippen LogP contribution is -2.12. The quantitative estimate of drug-likeness (QED) is 0.486. The molecule has 2 aromatic carbocycles. The van der Waals surface area contributed by atoms with Gasteiger partial charge in [-0.15, -0.1) is 0 Å². The highest BCUT2D eigenvalue weighted by Crippen LogP contribution is 2.53. The van der Waals surface area contributed by atoms with E-state index in [4.69, 9.17) is 4.74 Å². The van der Waals surface area contributed by atoms with Crippen molar-refractivity contribution in [2.24, 2.45) is 0 Å². The highest BCUT2D eigenvalue weighted by Gasteiger charge is 2.35. The van der Waals surface area contributed by atoms with Crippen molar-refractivity contribution in [3.63, 3.8) is 0 Å². The molecule has 1 nitrogen and oxygen atoms in total. The van der Waals surface area contributed by atoms with Gasteiger partial charge in [-0.3, -0.25) is 0 Å². The van der Waals surface area contributed by atoms with E-state index in [1.807, 2.05) is 0 Å². The number of hydrogen-bond acceptors (Lipinski definition) is 1. The van der Waals surface area contributed by atoms with Gasteiger partial charge in [-0.25, -0.2) is 13.2 Å². The minimum absolute atomic E-state index is 0.0545. The van der Waals surface area contributed by atoms with Gasteiger partial charge in [0.1, 0.15) is 0 Å². The van der Waals surface area contributed by atoms with Crippen molar-refractivity contribution in [3.05, 3.63) is 41.2 Å². The molecule has 0 aliphatic heterocycles. The van der Waals surface area contributed by atoms with Gasteiger partial charge < -0.3 is 4.74 Å². The molecule has 1 fully saturated rings. The molecule has 0 radical (unpaired) electrons. The minimum Gasteiger partial charge on any atom is -0.491 e. The Morgan fingerprint density at radius 3 is 2.24 bits per heavy atom. The summed E-state index contributed by atoms with van der Waals surface area (Å²) in [5.41, 5.74) is 1.92. The van der Waals surface area contributed by atoms with E-state index in [9.17, 15) is 13.2 Å². The third-order valence-electron chi connectivity index (χ3n) is 5.48. The fourth-order valence-corrected chi connectivity index (χ4v) is 4.22. The topological polar surface area (TPSA) is 9.23 Å². The van der Waals surface area contributed by atoms with Gasteiger partial charge in [0, 0.05) is 11.1 Å². The van der Waals surface area contributed by atoms with Crippen LogP contribution in [0.25, 0.3) is 22.3 Å². The molecule has 1 saturated carbocycles. The second-order valence-electron chi connectivity index (χ2n) is 6.94. The van der Waals surface area contributed by atoms with Gasteiger partial charge >= 0.3 is 0 Å². The minimum atomic E-state index is -0.920. The average Bonchev–Trinajstić information content (AvgIpc) is 2.87. The van der Waals surface area contributed by atoms with E-state index in [1.165, 1.54) is 0 Å². The van der Waals surface area contributed by atoms with Crippen LogP contribution in [0.3, 0.4) is 0 Å². The molecule has 0 saturated heterocycles. The van der Waals surface area contributed by atoms with Gasteiger partial charge in [0.05, 0.1) is 6.61 Å². The number of halogens is 3. The van der Waals surface area contributed by atoms with Gasteiger partial charge in [-0.1, -0.05) is 25.7 Å². The fourth-order valence-electron chi connectivity index (χ4n) is 4.22. The second kappa shape index (κ2) is 6.40. The van der Waals surface area contributed by atoms with Gasteiger partial charge in [-0.05, 0) is 60.6 Å². The van der Waals surface area contributed by atoms with Crippen LogP contribution in [0.2, 0.25) is 0 Å². The lowest BCUT2D eigenvalue weighted by Gasteiger charge is -2.28. The monoisotopic (exact) mass is 346 g/mol. The maximum atomic E-state index is 14.8. The molecule has 0 N–H and O–H groups in total. The molecule has 25 heavy (non-hydrogen) atoms. The lowest BCUT2D eigenvalue weighted by molar-refractivity contribution is 0.322. The van der Waals surface area contributed by atoms with E-state index in [-0.39, 0.29) is 22.8 Å². The first-order chi connectivity index (χ1) is 12.1. The molecule has 2 aliphatic carbocycles. The molecule has 4 rings (SSSR count). The van der Waals surface area contributed by atoms with Crippen molar-refractivity contribution in [3.8, 4) is 28.0 Å². The standard InChI is InChI=1S/C21H21F3O/c1-2-25-16-10-9-13-15-11-14(12-7-5-3-4-6-8-12)19(22)21(24)18(15)17(13)20(16)23/h9-12H,2-8H2,1H3. The zero-order valence-corrected chi connectivity index (χ0v) is 14.3. The van der Waals surface area contributed by atoms with Gasteiger partial charge in [-0.2, -0.15) is 0 Å². The number of fused-ring (bicyclic) bond motifs is 4. The molecule has 0 spiro atoms. The maximum Gasteiger partial charge on any atom is 0.173 e. The summed E-state index contributed by atoms with van der Waals surface area (Å²) in [4.78, 5) is 0. The zero-order valence-electron chi connectivity index (χ0n) is 14.3. The highest BCUT2D eigenvalue weighted by atomic mass is 19.2. The molecule has 0 heterocycles. The maximum absolute atomic E-state index is 14.8. The van der Waals surface area contributed by atoms with Crippen molar-refractivity contribution < 1.29 is 17.9 Å². The summed E-state index contributed by atoms with van der Waals surface area (Å²) in [5.74, 6) is -2.19. The smallest absolute Gasteiger partial charge is 0.173 e. The summed E-state index contributed by atoms with van der Waals surface area (Å²) in [6, 6.07) is 5.04. The summed E-state index contributed by atoms with van der Waals surface area (Å²) in [7, 11) is 0. The van der Waals surface area contributed by atoms with Crippen LogP contribution in [0.15, 0.2) is 18.2 Å². The van der Waals surface area contributed by atoms with Crippen LogP contribution in [0, 0.1) is 17.5 Å². The Kier molecular flexibility index (Phi) is 4.22. The van der Waals surface area contributed by atoms with Gasteiger partial charge in [0.15, 0.2) is 23.2 Å². The average molecular weight is 346 g/mol. The Hall–Kier alpha value is -1.97. The van der Waals surface area contributed by atoms with Crippen molar-refractivity contribution >= 4 is 0 Å². The Balaban J connectivity index is 1.79. The van der Waals surface area contributed by atoms with Crippen molar-refractivity contribution in [2.45, 2.75) is 51.4 Å². The molecule has 4 heteroatoms. The summed E-state index contributed by atoms with van der Waals surface area (Å²) >= 11 is 0. The Morgan fingerprint density at radius 1 is 0.880 bits per heavy atom. The van der Waals surface area contributed by atoms with E-state index in [2.05, 4.69) is 0 Å². The van der Waals surface area contributed by atoms with Crippen LogP contribution in [0.4, 0.5) is 13.2 Å². The molecule has 0 unspecified atom stereocenters. The van der Waals surface area contributed by atoms with Crippen LogP contribution in [-0.2, 0) is 0 Å². The predicted octanol–water partition coefficient (Wildman–Crippen LogP) is 6.59. The number of ether oxygens (including phenoxy) is 1. The molecule has 0 aromatic heterocycles. The largest absolute Gasteiger partial charge is 0.491 e. The fraction of sp³-hybridized carbons (Fsp3) is 0.429. The second-order valence-corrected chi connectivity index (χ2v) is 6.94. The predicted molar refractivity (Wildman–Crippen MR) is 92.4 cm³/mol. The van der Waals surface area contributed by atoms with Crippen LogP contribution in [0.5, 0.6) is 5.75 Å². The third kappa shape index (κ3) is 2.54. The van der Waals surface area contributed by atoms with Crippen LogP contribution in [0.1, 0.15) is 56.9 Å². The summed E-state index contributed by atoms with van der Waals surface area (Å²) < 4.78 is 49.3. The van der Waals surface area contributed by atoms with Gasteiger partial charge in [0.25, 0.3) is 0 Å². The molecule has 132 valence electrons. The Bertz CT molecular complexity index is 821. The molecular formula is C21H21F3O. The lowest BCUT2D eigenvalue weighted by atomic mass is 9.76. The Morgan fingerprint density at radius 2 is 1.56 bits per heavy atom. The molecule has 2 aliphatic rings. The first-order valence-electron chi connectivity index (χ1n) is 9.11. The van der Waals surface area contributed by atoms with Crippen LogP contribution >= 0.6 is 0 Å². The van der Waals surface area contributed by atoms with Gasteiger partial charge in [0.2, 0.25) is 0 Å². The van der Waals surface area contributed by atoms with E-state index >= 15 is 0 Å². The first-order valence-corrected chi connectivity index (χ1v) is 9.11. The summed E-state index contributed by atoms with van der Waals surface area (Å²) in [5, 5.41) is 0. The van der Waals surface area contributed by atoms with Crippen LogP contribution in [-0.4, -0.2) is 6.61 Å². The van der Waals surface area contributed by atoms with E-state index in [0.717, 1.165) is 38.5 Å². The van der Waals surface area contributed by atoms with Crippen molar-refractivity contribution in [1.29, 1.82) is 0 Å². The SMILES string of the molecule is CCOc1ccc2c(c1F)-c1c-2cc(C2CCCCCC2)c(F)c1F. The normalized spacial score (nSPS) is 16.6. The summed E-state index contributed by atoms with van der Waals surface area (Å²) in [6.45, 7) is 2.08. The van der Waals surface area contributed by atoms with E-state index in [0.29, 0.717) is 23.3 Å². The van der Waals surface area contributed by atoms with Crippen LogP contribution < -0.4 is 4.74 Å². The molecule has 0 atom stereocenters. The molecule has 0 bridgehead atoms. The molecular weight excluding hydrogens is 325 g/mol. The first kappa shape index (κ1) is 16.5. The van der Waals surface area contributed by atoms with E-state index < -0.39 is 17.5 Å². The van der Waals surface area contributed by atoms with Crippen molar-refractivity contribution in [2.75, 3.05) is 6.61 Å². The summed E-state index contributed by atoms with van der Waals surface area (Å²) in [6.07, 6.45) is 6.18. The number of hydrogen-bond donors (Lipinski definition) is 0. The Labute approximate surface area is 145 Å². The highest BCUT2D eigenvalue weighted by molar-refractivity contribution is 6.03. The zero-order chi connectivity index (χ0) is 17.6.